The van der Waals surface area contributed by atoms with Crippen LogP contribution in [0.4, 0.5) is 0 Å². The van der Waals surface area contributed by atoms with Crippen molar-refractivity contribution in [2.45, 2.75) is 26.7 Å². The van der Waals surface area contributed by atoms with Crippen molar-refractivity contribution in [3.05, 3.63) is 41.0 Å². The molecule has 84 valence electrons. The number of rotatable bonds is 2. The van der Waals surface area contributed by atoms with E-state index in [4.69, 9.17) is 5.11 Å². The zero-order valence-corrected chi connectivity index (χ0v) is 9.66. The van der Waals surface area contributed by atoms with Crippen LogP contribution >= 0.6 is 0 Å². The van der Waals surface area contributed by atoms with Gasteiger partial charge in [-0.3, -0.25) is 4.79 Å². The first-order valence-electron chi connectivity index (χ1n) is 5.63. The Hall–Kier alpha value is -1.57. The SMILES string of the molecule is Cc1cccc2c1CCC=C2C(C)C(=O)O. The molecule has 0 radical (unpaired) electrons. The maximum absolute atomic E-state index is 11.1. The number of hydrogen-bond donors (Lipinski definition) is 1. The number of hydrogen-bond acceptors (Lipinski definition) is 1. The molecule has 0 spiro atoms. The smallest absolute Gasteiger partial charge is 0.310 e. The highest BCUT2D eigenvalue weighted by Crippen LogP contribution is 2.33. The highest BCUT2D eigenvalue weighted by molar-refractivity contribution is 5.88. The van der Waals surface area contributed by atoms with Gasteiger partial charge in [-0.05, 0) is 49.0 Å². The Balaban J connectivity index is 2.49. The molecular formula is C14H16O2. The van der Waals surface area contributed by atoms with Gasteiger partial charge in [0.2, 0.25) is 0 Å². The molecule has 0 fully saturated rings. The van der Waals surface area contributed by atoms with Gasteiger partial charge in [0.25, 0.3) is 0 Å². The molecule has 1 unspecified atom stereocenters. The van der Waals surface area contributed by atoms with Crippen LogP contribution in [0.3, 0.4) is 0 Å². The van der Waals surface area contributed by atoms with Crippen molar-refractivity contribution in [2.75, 3.05) is 0 Å². The minimum Gasteiger partial charge on any atom is -0.481 e. The van der Waals surface area contributed by atoms with E-state index in [1.54, 1.807) is 6.92 Å². The summed E-state index contributed by atoms with van der Waals surface area (Å²) in [6, 6.07) is 6.13. The number of carbonyl (C=O) groups is 1. The van der Waals surface area contributed by atoms with Gasteiger partial charge >= 0.3 is 5.97 Å². The van der Waals surface area contributed by atoms with Crippen molar-refractivity contribution in [2.24, 2.45) is 5.92 Å². The van der Waals surface area contributed by atoms with E-state index in [0.29, 0.717) is 0 Å². The van der Waals surface area contributed by atoms with E-state index >= 15 is 0 Å². The summed E-state index contributed by atoms with van der Waals surface area (Å²) in [6.45, 7) is 3.85. The number of allylic oxidation sites excluding steroid dienone is 1. The zero-order valence-electron chi connectivity index (χ0n) is 9.66. The minimum absolute atomic E-state index is 0.416. The lowest BCUT2D eigenvalue weighted by atomic mass is 9.83. The Labute approximate surface area is 95.6 Å². The van der Waals surface area contributed by atoms with E-state index in [1.165, 1.54) is 11.1 Å². The summed E-state index contributed by atoms with van der Waals surface area (Å²) in [5.74, 6) is -1.17. The molecule has 1 aliphatic carbocycles. The Kier molecular flexibility index (Phi) is 2.82. The first-order chi connectivity index (χ1) is 7.61. The summed E-state index contributed by atoms with van der Waals surface area (Å²) >= 11 is 0. The van der Waals surface area contributed by atoms with Gasteiger partial charge in [-0.1, -0.05) is 24.3 Å². The third-order valence-electron chi connectivity index (χ3n) is 3.32. The van der Waals surface area contributed by atoms with Gasteiger partial charge in [-0.2, -0.15) is 0 Å². The van der Waals surface area contributed by atoms with Gasteiger partial charge in [-0.25, -0.2) is 0 Å². The second kappa shape index (κ2) is 4.12. The fraction of sp³-hybridized carbons (Fsp3) is 0.357. The number of aliphatic carboxylic acids is 1. The van der Waals surface area contributed by atoms with E-state index in [9.17, 15) is 4.79 Å². The number of carboxylic acid groups (broad SMARTS) is 1. The average molecular weight is 216 g/mol. The monoisotopic (exact) mass is 216 g/mol. The topological polar surface area (TPSA) is 37.3 Å². The molecule has 1 aromatic carbocycles. The van der Waals surface area contributed by atoms with Crippen LogP contribution in [0.25, 0.3) is 5.57 Å². The van der Waals surface area contributed by atoms with Crippen LogP contribution in [0.15, 0.2) is 24.3 Å². The molecule has 0 heterocycles. The minimum atomic E-state index is -0.749. The molecule has 2 nitrogen and oxygen atoms in total. The van der Waals surface area contributed by atoms with Gasteiger partial charge in [0.1, 0.15) is 0 Å². The second-order valence-electron chi connectivity index (χ2n) is 4.36. The molecule has 0 saturated carbocycles. The largest absolute Gasteiger partial charge is 0.481 e. The standard InChI is InChI=1S/C14H16O2/c1-9-5-3-8-13-11(9)6-4-7-12(13)10(2)14(15)16/h3,5,7-8,10H,4,6H2,1-2H3,(H,15,16). The molecule has 0 bridgehead atoms. The maximum atomic E-state index is 11.1. The van der Waals surface area contributed by atoms with Gasteiger partial charge in [0, 0.05) is 0 Å². The fourth-order valence-electron chi connectivity index (χ4n) is 2.33. The van der Waals surface area contributed by atoms with Crippen molar-refractivity contribution in [1.82, 2.24) is 0 Å². The Bertz CT molecular complexity index is 458. The molecule has 2 rings (SSSR count). The number of fused-ring (bicyclic) bond motifs is 1. The molecule has 2 heteroatoms. The van der Waals surface area contributed by atoms with Crippen molar-refractivity contribution < 1.29 is 9.90 Å². The van der Waals surface area contributed by atoms with Crippen LogP contribution in [0, 0.1) is 12.8 Å². The van der Waals surface area contributed by atoms with Gasteiger partial charge in [0.05, 0.1) is 5.92 Å². The van der Waals surface area contributed by atoms with E-state index in [1.807, 2.05) is 12.1 Å². The lowest BCUT2D eigenvalue weighted by Crippen LogP contribution is -2.15. The predicted octanol–water partition coefficient (Wildman–Crippen LogP) is 3.05. The number of aryl methyl sites for hydroxylation is 1. The molecule has 0 amide bonds. The Morgan fingerprint density at radius 1 is 1.44 bits per heavy atom. The summed E-state index contributed by atoms with van der Waals surface area (Å²) in [5, 5.41) is 9.09. The van der Waals surface area contributed by atoms with Crippen molar-refractivity contribution >= 4 is 11.5 Å². The molecule has 1 atom stereocenters. The molecule has 1 aliphatic rings. The zero-order chi connectivity index (χ0) is 11.7. The van der Waals surface area contributed by atoms with Crippen LogP contribution in [-0.2, 0) is 11.2 Å². The van der Waals surface area contributed by atoms with Crippen LogP contribution in [-0.4, -0.2) is 11.1 Å². The second-order valence-corrected chi connectivity index (χ2v) is 4.36. The predicted molar refractivity (Wildman–Crippen MR) is 64.3 cm³/mol. The molecule has 1 N–H and O–H groups in total. The first kappa shape index (κ1) is 10.9. The summed E-state index contributed by atoms with van der Waals surface area (Å²) in [4.78, 5) is 11.1. The molecule has 0 aliphatic heterocycles. The maximum Gasteiger partial charge on any atom is 0.310 e. The number of benzene rings is 1. The lowest BCUT2D eigenvalue weighted by molar-refractivity contribution is -0.139. The van der Waals surface area contributed by atoms with Gasteiger partial charge in [-0.15, -0.1) is 0 Å². The third-order valence-corrected chi connectivity index (χ3v) is 3.32. The van der Waals surface area contributed by atoms with Gasteiger partial charge in [0.15, 0.2) is 0 Å². The Morgan fingerprint density at radius 3 is 2.88 bits per heavy atom. The van der Waals surface area contributed by atoms with Crippen molar-refractivity contribution in [3.63, 3.8) is 0 Å². The summed E-state index contributed by atoms with van der Waals surface area (Å²) < 4.78 is 0. The van der Waals surface area contributed by atoms with Crippen molar-refractivity contribution in [3.8, 4) is 0 Å². The Morgan fingerprint density at radius 2 is 2.19 bits per heavy atom. The molecule has 0 saturated heterocycles. The normalized spacial score (nSPS) is 16.2. The summed E-state index contributed by atoms with van der Waals surface area (Å²) in [6.07, 6.45) is 4.04. The fourth-order valence-corrected chi connectivity index (χ4v) is 2.33. The van der Waals surface area contributed by atoms with E-state index in [2.05, 4.69) is 19.1 Å². The average Bonchev–Trinajstić information content (AvgIpc) is 2.28. The third kappa shape index (κ3) is 1.75. The summed E-state index contributed by atoms with van der Waals surface area (Å²) in [7, 11) is 0. The van der Waals surface area contributed by atoms with E-state index in [0.717, 1.165) is 24.0 Å². The van der Waals surface area contributed by atoms with E-state index < -0.39 is 11.9 Å². The first-order valence-corrected chi connectivity index (χ1v) is 5.63. The molecule has 0 aromatic heterocycles. The van der Waals surface area contributed by atoms with Crippen LogP contribution in [0.1, 0.15) is 30.0 Å². The van der Waals surface area contributed by atoms with Gasteiger partial charge < -0.3 is 5.11 Å². The quantitative estimate of drug-likeness (QED) is 0.825. The molecular weight excluding hydrogens is 200 g/mol. The molecule has 1 aromatic rings. The van der Waals surface area contributed by atoms with E-state index in [-0.39, 0.29) is 0 Å². The van der Waals surface area contributed by atoms with Crippen LogP contribution in [0.2, 0.25) is 0 Å². The molecule has 16 heavy (non-hydrogen) atoms. The lowest BCUT2D eigenvalue weighted by Gasteiger charge is -2.22. The summed E-state index contributed by atoms with van der Waals surface area (Å²) in [5.41, 5.74) is 4.67. The number of carboxylic acids is 1. The van der Waals surface area contributed by atoms with Crippen molar-refractivity contribution in [1.29, 1.82) is 0 Å². The highest BCUT2D eigenvalue weighted by atomic mass is 16.4. The van der Waals surface area contributed by atoms with Crippen LogP contribution < -0.4 is 0 Å². The highest BCUT2D eigenvalue weighted by Gasteiger charge is 2.22. The van der Waals surface area contributed by atoms with Crippen LogP contribution in [0.5, 0.6) is 0 Å².